The molecular formula is C20H17FN2O4S. The number of anilines is 1. The Kier molecular flexibility index (Phi) is 6.33. The highest BCUT2D eigenvalue weighted by molar-refractivity contribution is 7.14. The Morgan fingerprint density at radius 2 is 1.86 bits per heavy atom. The van der Waals surface area contributed by atoms with Crippen molar-refractivity contribution in [1.82, 2.24) is 4.98 Å². The molecule has 0 unspecified atom stereocenters. The summed E-state index contributed by atoms with van der Waals surface area (Å²) in [5.74, 6) is -0.960. The van der Waals surface area contributed by atoms with Crippen LogP contribution in [0.1, 0.15) is 6.92 Å². The van der Waals surface area contributed by atoms with E-state index in [1.54, 1.807) is 48.7 Å². The summed E-state index contributed by atoms with van der Waals surface area (Å²) in [5, 5.41) is 4.66. The summed E-state index contributed by atoms with van der Waals surface area (Å²) in [7, 11) is 0. The molecule has 3 aromatic rings. The molecule has 1 aromatic heterocycles. The van der Waals surface area contributed by atoms with Crippen molar-refractivity contribution in [2.24, 2.45) is 0 Å². The maximum Gasteiger partial charge on any atom is 0.347 e. The molecule has 0 radical (unpaired) electrons. The summed E-state index contributed by atoms with van der Waals surface area (Å²) >= 11 is 1.22. The van der Waals surface area contributed by atoms with Crippen LogP contribution < -0.4 is 10.1 Å². The fourth-order valence-electron chi connectivity index (χ4n) is 2.25. The third-order valence-corrected chi connectivity index (χ3v) is 4.38. The van der Waals surface area contributed by atoms with Gasteiger partial charge in [0.15, 0.2) is 17.8 Å². The summed E-state index contributed by atoms with van der Waals surface area (Å²) in [4.78, 5) is 28.2. The third-order valence-electron chi connectivity index (χ3n) is 3.62. The first-order valence-corrected chi connectivity index (χ1v) is 9.29. The number of ether oxygens (including phenoxy) is 2. The van der Waals surface area contributed by atoms with Crippen molar-refractivity contribution >= 4 is 28.3 Å². The van der Waals surface area contributed by atoms with E-state index in [9.17, 15) is 14.0 Å². The Morgan fingerprint density at radius 1 is 1.14 bits per heavy atom. The first kappa shape index (κ1) is 19.5. The number of benzene rings is 2. The van der Waals surface area contributed by atoms with Gasteiger partial charge in [-0.1, -0.05) is 18.2 Å². The molecule has 1 heterocycles. The highest BCUT2D eigenvalue weighted by Gasteiger charge is 2.18. The highest BCUT2D eigenvalue weighted by Crippen LogP contribution is 2.25. The second kappa shape index (κ2) is 9.09. The number of nitrogens with one attached hydrogen (secondary N) is 1. The standard InChI is InChI=1S/C20H17FN2O4S/c1-13(27-16-5-3-2-4-6-16)19(25)26-11-18(24)23-20-22-17(12-28-20)14-7-9-15(21)10-8-14/h2-10,12-13H,11H2,1H3,(H,22,23,24)/t13-/m1/s1. The van der Waals surface area contributed by atoms with Gasteiger partial charge in [0.05, 0.1) is 5.69 Å². The van der Waals surface area contributed by atoms with E-state index in [2.05, 4.69) is 10.3 Å². The second-order valence-corrected chi connectivity index (χ2v) is 6.63. The van der Waals surface area contributed by atoms with Crippen molar-refractivity contribution < 1.29 is 23.5 Å². The predicted molar refractivity (Wildman–Crippen MR) is 104 cm³/mol. The summed E-state index contributed by atoms with van der Waals surface area (Å²) in [6.07, 6.45) is -0.847. The van der Waals surface area contributed by atoms with E-state index >= 15 is 0 Å². The van der Waals surface area contributed by atoms with Crippen LogP contribution in [-0.4, -0.2) is 29.6 Å². The molecule has 3 rings (SSSR count). The summed E-state index contributed by atoms with van der Waals surface area (Å²) in [6.45, 7) is 1.09. The molecule has 0 saturated carbocycles. The minimum Gasteiger partial charge on any atom is -0.479 e. The molecule has 0 aliphatic carbocycles. The Labute approximate surface area is 164 Å². The van der Waals surface area contributed by atoms with E-state index in [4.69, 9.17) is 9.47 Å². The van der Waals surface area contributed by atoms with E-state index < -0.39 is 24.6 Å². The maximum atomic E-state index is 13.0. The average Bonchev–Trinajstić information content (AvgIpc) is 3.15. The van der Waals surface area contributed by atoms with Crippen LogP contribution in [0, 0.1) is 5.82 Å². The number of thiazole rings is 1. The average molecular weight is 400 g/mol. The van der Waals surface area contributed by atoms with Gasteiger partial charge in [0.1, 0.15) is 11.6 Å². The number of carbonyl (C=O) groups excluding carboxylic acids is 2. The first-order chi connectivity index (χ1) is 13.5. The van der Waals surface area contributed by atoms with Gasteiger partial charge in [0.25, 0.3) is 5.91 Å². The molecule has 6 nitrogen and oxygen atoms in total. The lowest BCUT2D eigenvalue weighted by Crippen LogP contribution is -2.29. The van der Waals surface area contributed by atoms with Gasteiger partial charge in [-0.2, -0.15) is 0 Å². The number of para-hydroxylation sites is 1. The molecule has 2 aromatic carbocycles. The normalized spacial score (nSPS) is 11.5. The van der Waals surface area contributed by atoms with Crippen molar-refractivity contribution in [3.8, 4) is 17.0 Å². The predicted octanol–water partition coefficient (Wildman–Crippen LogP) is 3.90. The van der Waals surface area contributed by atoms with Crippen molar-refractivity contribution in [3.05, 3.63) is 65.8 Å². The van der Waals surface area contributed by atoms with Crippen LogP contribution in [0.25, 0.3) is 11.3 Å². The zero-order valence-corrected chi connectivity index (χ0v) is 15.7. The van der Waals surface area contributed by atoms with Crippen molar-refractivity contribution in [2.75, 3.05) is 11.9 Å². The number of hydrogen-bond donors (Lipinski definition) is 1. The van der Waals surface area contributed by atoms with Gasteiger partial charge in [-0.25, -0.2) is 14.2 Å². The smallest absolute Gasteiger partial charge is 0.347 e. The first-order valence-electron chi connectivity index (χ1n) is 8.41. The summed E-state index contributed by atoms with van der Waals surface area (Å²) < 4.78 is 23.4. The number of amides is 1. The molecule has 1 amide bonds. The number of esters is 1. The lowest BCUT2D eigenvalue weighted by molar-refractivity contribution is -0.153. The number of aromatic nitrogens is 1. The zero-order chi connectivity index (χ0) is 19.9. The van der Waals surface area contributed by atoms with Gasteiger partial charge < -0.3 is 9.47 Å². The second-order valence-electron chi connectivity index (χ2n) is 5.77. The van der Waals surface area contributed by atoms with E-state index in [1.165, 1.54) is 23.5 Å². The van der Waals surface area contributed by atoms with Crippen molar-refractivity contribution in [1.29, 1.82) is 0 Å². The van der Waals surface area contributed by atoms with E-state index in [-0.39, 0.29) is 5.82 Å². The SMILES string of the molecule is C[C@@H](Oc1ccccc1)C(=O)OCC(=O)Nc1nc(-c2ccc(F)cc2)cs1. The van der Waals surface area contributed by atoms with E-state index in [1.807, 2.05) is 6.07 Å². The minimum atomic E-state index is -0.847. The van der Waals surface area contributed by atoms with E-state index in [0.717, 1.165) is 5.56 Å². The molecule has 1 N–H and O–H groups in total. The van der Waals surface area contributed by atoms with Crippen LogP contribution in [0.2, 0.25) is 0 Å². The number of halogens is 1. The molecular weight excluding hydrogens is 383 g/mol. The number of rotatable bonds is 7. The number of nitrogens with zero attached hydrogens (tertiary/aromatic N) is 1. The summed E-state index contributed by atoms with van der Waals surface area (Å²) in [5.41, 5.74) is 1.35. The lowest BCUT2D eigenvalue weighted by atomic mass is 10.2. The Balaban J connectivity index is 1.48. The molecule has 0 spiro atoms. The fourth-order valence-corrected chi connectivity index (χ4v) is 2.98. The molecule has 0 bridgehead atoms. The number of hydrogen-bond acceptors (Lipinski definition) is 6. The Hall–Kier alpha value is -3.26. The van der Waals surface area contributed by atoms with Crippen LogP contribution in [0.4, 0.5) is 9.52 Å². The van der Waals surface area contributed by atoms with E-state index in [0.29, 0.717) is 16.6 Å². The molecule has 0 fully saturated rings. The highest BCUT2D eigenvalue weighted by atomic mass is 32.1. The van der Waals surface area contributed by atoms with Crippen LogP contribution in [0.5, 0.6) is 5.75 Å². The van der Waals surface area contributed by atoms with Gasteiger partial charge in [-0.15, -0.1) is 11.3 Å². The molecule has 0 aliphatic rings. The third kappa shape index (κ3) is 5.37. The molecule has 144 valence electrons. The molecule has 0 saturated heterocycles. The van der Waals surface area contributed by atoms with Crippen LogP contribution in [0.15, 0.2) is 60.0 Å². The monoisotopic (exact) mass is 400 g/mol. The zero-order valence-electron chi connectivity index (χ0n) is 14.9. The quantitative estimate of drug-likeness (QED) is 0.609. The molecule has 0 aliphatic heterocycles. The maximum absolute atomic E-state index is 13.0. The molecule has 28 heavy (non-hydrogen) atoms. The Bertz CT molecular complexity index is 944. The van der Waals surface area contributed by atoms with Gasteiger partial charge in [0.2, 0.25) is 0 Å². The fraction of sp³-hybridized carbons (Fsp3) is 0.150. The number of carbonyl (C=O) groups is 2. The van der Waals surface area contributed by atoms with Gasteiger partial charge >= 0.3 is 5.97 Å². The van der Waals surface area contributed by atoms with Crippen LogP contribution >= 0.6 is 11.3 Å². The topological polar surface area (TPSA) is 77.5 Å². The minimum absolute atomic E-state index is 0.334. The van der Waals surface area contributed by atoms with Crippen LogP contribution in [-0.2, 0) is 14.3 Å². The molecule has 8 heteroatoms. The van der Waals surface area contributed by atoms with Crippen molar-refractivity contribution in [3.63, 3.8) is 0 Å². The van der Waals surface area contributed by atoms with Gasteiger partial charge in [-0.05, 0) is 43.3 Å². The molecule has 1 atom stereocenters. The van der Waals surface area contributed by atoms with Crippen LogP contribution in [0.3, 0.4) is 0 Å². The van der Waals surface area contributed by atoms with Crippen molar-refractivity contribution in [2.45, 2.75) is 13.0 Å². The summed E-state index contributed by atoms with van der Waals surface area (Å²) in [6, 6.07) is 14.7. The van der Waals surface area contributed by atoms with Gasteiger partial charge in [0, 0.05) is 10.9 Å². The van der Waals surface area contributed by atoms with Gasteiger partial charge in [-0.3, -0.25) is 10.1 Å². The largest absolute Gasteiger partial charge is 0.479 e. The lowest BCUT2D eigenvalue weighted by Gasteiger charge is -2.13. The Morgan fingerprint density at radius 3 is 2.57 bits per heavy atom.